The number of thiophene rings is 1. The van der Waals surface area contributed by atoms with Crippen molar-refractivity contribution in [2.45, 2.75) is 26.7 Å². The van der Waals surface area contributed by atoms with Crippen LogP contribution in [0.25, 0.3) is 0 Å². The Kier molecular flexibility index (Phi) is 3.04. The largest absolute Gasteiger partial charge is 0.365 e. The molecule has 0 unspecified atom stereocenters. The lowest BCUT2D eigenvalue weighted by molar-refractivity contribution is -0.123. The number of rotatable bonds is 3. The van der Waals surface area contributed by atoms with Crippen molar-refractivity contribution in [3.8, 4) is 0 Å². The van der Waals surface area contributed by atoms with Gasteiger partial charge in [0.15, 0.2) is 0 Å². The number of imide groups is 1. The van der Waals surface area contributed by atoms with Crippen LogP contribution in [0.2, 0.25) is 0 Å². The molecule has 5 nitrogen and oxygen atoms in total. The fourth-order valence-electron chi connectivity index (χ4n) is 4.50. The number of fused-ring (bicyclic) bond motifs is 5. The second kappa shape index (κ2) is 4.77. The summed E-state index contributed by atoms with van der Waals surface area (Å²) >= 11 is 1.32. The quantitative estimate of drug-likeness (QED) is 0.680. The summed E-state index contributed by atoms with van der Waals surface area (Å²) in [5.41, 5.74) is 6.74. The zero-order chi connectivity index (χ0) is 16.5. The maximum Gasteiger partial charge on any atom is 0.252 e. The molecular weight excluding hydrogens is 312 g/mol. The number of nitrogens with two attached hydrogens (primary N) is 1. The molecule has 3 aliphatic rings. The number of hydrogen-bond donors (Lipinski definition) is 1. The van der Waals surface area contributed by atoms with Gasteiger partial charge in [-0.25, -0.2) is 4.90 Å². The Labute approximate surface area is 138 Å². The van der Waals surface area contributed by atoms with Crippen molar-refractivity contribution in [1.29, 1.82) is 0 Å². The first-order valence-corrected chi connectivity index (χ1v) is 8.75. The maximum absolute atomic E-state index is 12.9. The van der Waals surface area contributed by atoms with Gasteiger partial charge in [-0.1, -0.05) is 19.1 Å². The molecule has 4 rings (SSSR count). The lowest BCUT2D eigenvalue weighted by Gasteiger charge is -2.16. The standard InChI is InChI=1S/C17H18N2O3S/c1-3-10-7(2)23-17(13(10)14(18)20)19-15(21)11-8-4-5-9(6-8)12(11)16(19)22/h4-5,8-9,11-12H,3,6H2,1-2H3,(H2,18,20)/t8-,9-,11+,12+/m0/s1. The van der Waals surface area contributed by atoms with Crippen LogP contribution in [-0.2, 0) is 16.0 Å². The molecule has 1 aromatic rings. The lowest BCUT2D eigenvalue weighted by Crippen LogP contribution is -2.34. The van der Waals surface area contributed by atoms with E-state index in [0.29, 0.717) is 17.0 Å². The number of carbonyl (C=O) groups excluding carboxylic acids is 3. The Hall–Kier alpha value is -1.95. The molecule has 120 valence electrons. The number of nitrogens with zero attached hydrogens (tertiary/aromatic N) is 1. The predicted molar refractivity (Wildman–Crippen MR) is 87.2 cm³/mol. The van der Waals surface area contributed by atoms with E-state index in [4.69, 9.17) is 5.73 Å². The van der Waals surface area contributed by atoms with Crippen molar-refractivity contribution < 1.29 is 14.4 Å². The molecular formula is C17H18N2O3S. The molecule has 2 aliphatic carbocycles. The van der Waals surface area contributed by atoms with Gasteiger partial charge in [-0.05, 0) is 37.2 Å². The molecule has 2 heterocycles. The fourth-order valence-corrected chi connectivity index (χ4v) is 5.76. The first kappa shape index (κ1) is 14.6. The van der Waals surface area contributed by atoms with E-state index in [2.05, 4.69) is 12.2 Å². The number of primary amides is 1. The Morgan fingerprint density at radius 3 is 2.30 bits per heavy atom. The highest BCUT2D eigenvalue weighted by atomic mass is 32.1. The van der Waals surface area contributed by atoms with Crippen molar-refractivity contribution in [3.05, 3.63) is 28.2 Å². The number of aryl methyl sites for hydroxylation is 1. The summed E-state index contributed by atoms with van der Waals surface area (Å²) in [6.45, 7) is 3.84. The Morgan fingerprint density at radius 2 is 1.83 bits per heavy atom. The smallest absolute Gasteiger partial charge is 0.252 e. The van der Waals surface area contributed by atoms with E-state index >= 15 is 0 Å². The van der Waals surface area contributed by atoms with Crippen molar-refractivity contribution >= 4 is 34.1 Å². The van der Waals surface area contributed by atoms with Gasteiger partial charge < -0.3 is 5.73 Å². The van der Waals surface area contributed by atoms with Crippen LogP contribution in [0.15, 0.2) is 12.2 Å². The van der Waals surface area contributed by atoms with E-state index in [1.807, 2.05) is 13.8 Å². The van der Waals surface area contributed by atoms with E-state index in [9.17, 15) is 14.4 Å². The number of hydrogen-bond acceptors (Lipinski definition) is 4. The average molecular weight is 330 g/mol. The van der Waals surface area contributed by atoms with Crippen molar-refractivity contribution in [1.82, 2.24) is 0 Å². The Morgan fingerprint density at radius 1 is 1.26 bits per heavy atom. The summed E-state index contributed by atoms with van der Waals surface area (Å²) in [5, 5.41) is 0.427. The van der Waals surface area contributed by atoms with Gasteiger partial charge in [-0.3, -0.25) is 14.4 Å². The molecule has 2 fully saturated rings. The molecule has 1 aliphatic heterocycles. The first-order chi connectivity index (χ1) is 11.0. The summed E-state index contributed by atoms with van der Waals surface area (Å²) in [5.74, 6) is -1.09. The summed E-state index contributed by atoms with van der Waals surface area (Å²) in [4.78, 5) is 39.9. The van der Waals surface area contributed by atoms with Crippen LogP contribution in [0.4, 0.5) is 5.00 Å². The first-order valence-electron chi connectivity index (χ1n) is 7.93. The van der Waals surface area contributed by atoms with Crippen LogP contribution in [0.3, 0.4) is 0 Å². The fraction of sp³-hybridized carbons (Fsp3) is 0.471. The monoisotopic (exact) mass is 330 g/mol. The molecule has 0 aromatic carbocycles. The minimum absolute atomic E-state index is 0.162. The van der Waals surface area contributed by atoms with E-state index in [1.54, 1.807) is 0 Å². The molecule has 3 amide bonds. The van der Waals surface area contributed by atoms with Gasteiger partial charge in [-0.15, -0.1) is 11.3 Å². The second-order valence-corrected chi connectivity index (χ2v) is 7.75. The van der Waals surface area contributed by atoms with Crippen LogP contribution >= 0.6 is 11.3 Å². The van der Waals surface area contributed by atoms with Crippen LogP contribution in [0.1, 0.15) is 34.1 Å². The van der Waals surface area contributed by atoms with Gasteiger partial charge in [0.25, 0.3) is 5.91 Å². The second-order valence-electron chi connectivity index (χ2n) is 6.55. The number of allylic oxidation sites excluding steroid dienone is 2. The third kappa shape index (κ3) is 1.75. The molecule has 23 heavy (non-hydrogen) atoms. The van der Waals surface area contributed by atoms with E-state index in [1.165, 1.54) is 16.2 Å². The Balaban J connectivity index is 1.82. The molecule has 0 radical (unpaired) electrons. The molecule has 2 bridgehead atoms. The van der Waals surface area contributed by atoms with Crippen LogP contribution in [-0.4, -0.2) is 17.7 Å². The molecule has 2 N–H and O–H groups in total. The number of anilines is 1. The summed E-state index contributed by atoms with van der Waals surface area (Å²) < 4.78 is 0. The van der Waals surface area contributed by atoms with Gasteiger partial charge in [0.05, 0.1) is 17.4 Å². The van der Waals surface area contributed by atoms with Crippen LogP contribution in [0, 0.1) is 30.6 Å². The Bertz CT molecular complexity index is 749. The summed E-state index contributed by atoms with van der Waals surface area (Å²) in [6, 6.07) is 0. The molecule has 0 spiro atoms. The van der Waals surface area contributed by atoms with Gasteiger partial charge in [-0.2, -0.15) is 0 Å². The molecule has 1 saturated heterocycles. The van der Waals surface area contributed by atoms with E-state index < -0.39 is 5.91 Å². The maximum atomic E-state index is 12.9. The zero-order valence-electron chi connectivity index (χ0n) is 13.0. The van der Waals surface area contributed by atoms with E-state index in [-0.39, 0.29) is 35.5 Å². The third-order valence-corrected chi connectivity index (χ3v) is 6.60. The lowest BCUT2D eigenvalue weighted by atomic mass is 9.85. The van der Waals surface area contributed by atoms with Gasteiger partial charge >= 0.3 is 0 Å². The van der Waals surface area contributed by atoms with E-state index in [0.717, 1.165) is 16.9 Å². The number of carbonyl (C=O) groups is 3. The van der Waals surface area contributed by atoms with Crippen molar-refractivity contribution in [2.24, 2.45) is 29.4 Å². The van der Waals surface area contributed by atoms with Gasteiger partial charge in [0.2, 0.25) is 11.8 Å². The molecule has 1 saturated carbocycles. The summed E-state index contributed by atoms with van der Waals surface area (Å²) in [7, 11) is 0. The van der Waals surface area contributed by atoms with Crippen LogP contribution in [0.5, 0.6) is 0 Å². The minimum atomic E-state index is -0.569. The van der Waals surface area contributed by atoms with Gasteiger partial charge in [0, 0.05) is 4.88 Å². The highest BCUT2D eigenvalue weighted by Gasteiger charge is 2.60. The highest BCUT2D eigenvalue weighted by molar-refractivity contribution is 7.17. The minimum Gasteiger partial charge on any atom is -0.365 e. The van der Waals surface area contributed by atoms with Crippen LogP contribution < -0.4 is 10.6 Å². The van der Waals surface area contributed by atoms with Crippen molar-refractivity contribution in [2.75, 3.05) is 4.90 Å². The molecule has 6 heteroatoms. The molecule has 4 atom stereocenters. The predicted octanol–water partition coefficient (Wildman–Crippen LogP) is 2.03. The van der Waals surface area contributed by atoms with Gasteiger partial charge in [0.1, 0.15) is 5.00 Å². The normalized spacial score (nSPS) is 31.3. The SMILES string of the molecule is CCc1c(C)sc(N2C(=O)[C@H]3[C@H](C2=O)[C@H]2C=C[C@H]3C2)c1C(N)=O. The highest BCUT2D eigenvalue weighted by Crippen LogP contribution is 2.54. The summed E-state index contributed by atoms with van der Waals surface area (Å²) in [6.07, 6.45) is 5.67. The average Bonchev–Trinajstić information content (AvgIpc) is 3.22. The van der Waals surface area contributed by atoms with Crippen molar-refractivity contribution in [3.63, 3.8) is 0 Å². The number of amides is 3. The molecule has 1 aromatic heterocycles. The topological polar surface area (TPSA) is 80.5 Å². The zero-order valence-corrected chi connectivity index (χ0v) is 13.9. The third-order valence-electron chi connectivity index (χ3n) is 5.46.